The summed E-state index contributed by atoms with van der Waals surface area (Å²) in [5, 5.41) is 3.39. The van der Waals surface area contributed by atoms with Crippen LogP contribution in [0.15, 0.2) is 48.8 Å². The lowest BCUT2D eigenvalue weighted by molar-refractivity contribution is -0.142. The highest BCUT2D eigenvalue weighted by molar-refractivity contribution is 6.07. The highest BCUT2D eigenvalue weighted by atomic mass is 19.1. The third-order valence-corrected chi connectivity index (χ3v) is 11.0. The minimum absolute atomic E-state index is 0.149. The topological polar surface area (TPSA) is 134 Å². The quantitative estimate of drug-likeness (QED) is 0.210. The van der Waals surface area contributed by atoms with Crippen LogP contribution >= 0.6 is 0 Å². The number of aromatic nitrogens is 5. The molecule has 9 rings (SSSR count). The Kier molecular flexibility index (Phi) is 8.19. The third-order valence-electron chi connectivity index (χ3n) is 11.0. The zero-order valence-corrected chi connectivity index (χ0v) is 30.1. The van der Waals surface area contributed by atoms with Gasteiger partial charge in [-0.3, -0.25) is 14.5 Å². The number of ether oxygens (including phenoxy) is 2. The van der Waals surface area contributed by atoms with E-state index in [0.29, 0.717) is 58.6 Å². The lowest BCUT2D eigenvalue weighted by atomic mass is 9.90. The molecule has 1 aliphatic carbocycles. The number of esters is 1. The summed E-state index contributed by atoms with van der Waals surface area (Å²) in [5.41, 5.74) is 7.07. The van der Waals surface area contributed by atoms with Gasteiger partial charge in [-0.25, -0.2) is 19.3 Å². The number of halogens is 1. The molecule has 1 amide bonds. The fourth-order valence-electron chi connectivity index (χ4n) is 8.24. The van der Waals surface area contributed by atoms with Gasteiger partial charge in [0.1, 0.15) is 18.1 Å². The van der Waals surface area contributed by atoms with Gasteiger partial charge in [-0.2, -0.15) is 0 Å². The van der Waals surface area contributed by atoms with Crippen molar-refractivity contribution in [2.75, 3.05) is 61.1 Å². The van der Waals surface area contributed by atoms with E-state index in [-0.39, 0.29) is 23.8 Å². The van der Waals surface area contributed by atoms with Crippen LogP contribution in [0.25, 0.3) is 22.6 Å². The fourth-order valence-corrected chi connectivity index (χ4v) is 8.24. The minimum atomic E-state index is -0.570. The number of benzene rings is 2. The first kappa shape index (κ1) is 33.5. The van der Waals surface area contributed by atoms with Crippen LogP contribution in [0.5, 0.6) is 0 Å². The number of nitrogens with zero attached hydrogens (tertiary/aromatic N) is 7. The van der Waals surface area contributed by atoms with Crippen molar-refractivity contribution in [3.8, 4) is 11.4 Å². The Labute approximate surface area is 306 Å². The van der Waals surface area contributed by atoms with Gasteiger partial charge in [0.05, 0.1) is 31.3 Å². The molecule has 2 N–H and O–H groups in total. The molecule has 0 bridgehead atoms. The van der Waals surface area contributed by atoms with Crippen molar-refractivity contribution < 1.29 is 23.5 Å². The van der Waals surface area contributed by atoms with E-state index in [0.717, 1.165) is 63.6 Å². The average Bonchev–Trinajstić information content (AvgIpc) is 3.80. The van der Waals surface area contributed by atoms with E-state index in [4.69, 9.17) is 19.4 Å². The van der Waals surface area contributed by atoms with E-state index in [1.165, 1.54) is 36.6 Å². The molecule has 53 heavy (non-hydrogen) atoms. The first-order valence-electron chi connectivity index (χ1n) is 18.2. The fraction of sp³-hybridized carbons (Fsp3) is 0.410. The molecule has 0 spiro atoms. The van der Waals surface area contributed by atoms with Crippen molar-refractivity contribution in [2.45, 2.75) is 52.8 Å². The Morgan fingerprint density at radius 1 is 1.04 bits per heavy atom. The molecule has 14 heteroatoms. The van der Waals surface area contributed by atoms with Crippen LogP contribution in [-0.4, -0.2) is 93.3 Å². The molecular weight excluding hydrogens is 677 g/mol. The zero-order chi connectivity index (χ0) is 36.4. The number of imidazole rings is 1. The number of carbonyl (C=O) groups is 2. The standard InChI is InChI=1S/C39H42FN9O4/c1-23(50)53-21-30-29(15-25(40)16-31(30)49-13-12-48-32(38(49)51)14-24-17-39(2,3)18-33(24)48)35-44-36-34(41-22-42-36)37(45-35)43-26-4-6-27(7-5-26)46-8-10-47(11-9-46)28-19-52-20-28/h4-7,14-16,22,28H,8-13,17-21H2,1-3H3,(H2,41,42,43,44,45). The highest BCUT2D eigenvalue weighted by Gasteiger charge is 2.38. The smallest absolute Gasteiger partial charge is 0.302 e. The Morgan fingerprint density at radius 3 is 2.57 bits per heavy atom. The van der Waals surface area contributed by atoms with Crippen molar-refractivity contribution in [3.63, 3.8) is 0 Å². The SMILES string of the molecule is CC(=O)OCc1c(-c2nc(Nc3ccc(N4CCN(C5COC5)CC4)cc3)c3nc[nH]c3n2)cc(F)cc1N1CCn2c(cc3c2CC(C)(C)C3)C1=O. The molecule has 274 valence electrons. The number of carbonyl (C=O) groups excluding carboxylic acids is 2. The number of nitrogens with one attached hydrogen (secondary N) is 2. The number of fused-ring (bicyclic) bond motifs is 4. The maximum atomic E-state index is 15.7. The number of hydrogen-bond acceptors (Lipinski definition) is 10. The molecule has 5 aromatic rings. The molecule has 6 heterocycles. The molecule has 3 aliphatic heterocycles. The minimum Gasteiger partial charge on any atom is -0.461 e. The number of anilines is 4. The maximum absolute atomic E-state index is 15.7. The van der Waals surface area contributed by atoms with E-state index >= 15 is 4.39 Å². The van der Waals surface area contributed by atoms with Crippen molar-refractivity contribution in [1.29, 1.82) is 0 Å². The first-order valence-corrected chi connectivity index (χ1v) is 18.2. The highest BCUT2D eigenvalue weighted by Crippen LogP contribution is 2.41. The van der Waals surface area contributed by atoms with Gasteiger partial charge < -0.3 is 34.1 Å². The summed E-state index contributed by atoms with van der Waals surface area (Å²) in [6.07, 6.45) is 3.34. The van der Waals surface area contributed by atoms with Gasteiger partial charge >= 0.3 is 5.97 Å². The number of amides is 1. The van der Waals surface area contributed by atoms with Crippen LogP contribution in [0.2, 0.25) is 0 Å². The Balaban J connectivity index is 1.03. The maximum Gasteiger partial charge on any atom is 0.302 e. The van der Waals surface area contributed by atoms with Crippen molar-refractivity contribution in [3.05, 3.63) is 77.1 Å². The summed E-state index contributed by atoms with van der Waals surface area (Å²) < 4.78 is 28.7. The van der Waals surface area contributed by atoms with Gasteiger partial charge in [-0.15, -0.1) is 0 Å². The second kappa shape index (κ2) is 13.0. The molecule has 13 nitrogen and oxygen atoms in total. The summed E-state index contributed by atoms with van der Waals surface area (Å²) in [6, 6.07) is 13.4. The lowest BCUT2D eigenvalue weighted by Crippen LogP contribution is -2.56. The Hall–Kier alpha value is -5.34. The van der Waals surface area contributed by atoms with E-state index in [1.807, 2.05) is 18.2 Å². The number of rotatable bonds is 8. The van der Waals surface area contributed by atoms with Crippen LogP contribution in [0.3, 0.4) is 0 Å². The van der Waals surface area contributed by atoms with Gasteiger partial charge in [0.15, 0.2) is 22.8 Å². The summed E-state index contributed by atoms with van der Waals surface area (Å²) >= 11 is 0. The molecule has 3 aromatic heterocycles. The van der Waals surface area contributed by atoms with Gasteiger partial charge in [0, 0.05) is 74.4 Å². The van der Waals surface area contributed by atoms with Crippen molar-refractivity contribution in [2.24, 2.45) is 5.41 Å². The molecule has 4 aliphatic rings. The molecule has 0 saturated carbocycles. The van der Waals surface area contributed by atoms with Gasteiger partial charge in [-0.05, 0) is 66.3 Å². The lowest BCUT2D eigenvalue weighted by Gasteiger charge is -2.43. The van der Waals surface area contributed by atoms with E-state index < -0.39 is 11.8 Å². The van der Waals surface area contributed by atoms with E-state index in [1.54, 1.807) is 4.90 Å². The largest absolute Gasteiger partial charge is 0.461 e. The number of piperazine rings is 1. The monoisotopic (exact) mass is 719 g/mol. The second-order valence-electron chi connectivity index (χ2n) is 15.2. The van der Waals surface area contributed by atoms with Crippen LogP contribution in [-0.2, 0) is 40.3 Å². The van der Waals surface area contributed by atoms with Gasteiger partial charge in [0.25, 0.3) is 5.91 Å². The number of hydrogen-bond donors (Lipinski definition) is 2. The van der Waals surface area contributed by atoms with Crippen molar-refractivity contribution in [1.82, 2.24) is 29.4 Å². The molecule has 2 saturated heterocycles. The molecule has 2 aromatic carbocycles. The average molecular weight is 720 g/mol. The normalized spacial score (nSPS) is 18.6. The van der Waals surface area contributed by atoms with Crippen LogP contribution in [0, 0.1) is 11.2 Å². The molecule has 0 radical (unpaired) electrons. The Morgan fingerprint density at radius 2 is 1.83 bits per heavy atom. The second-order valence-corrected chi connectivity index (χ2v) is 15.2. The van der Waals surface area contributed by atoms with Crippen LogP contribution < -0.4 is 15.1 Å². The van der Waals surface area contributed by atoms with Crippen LogP contribution in [0.4, 0.5) is 27.3 Å². The number of H-pyrrole nitrogens is 1. The van der Waals surface area contributed by atoms with Crippen LogP contribution in [0.1, 0.15) is 48.1 Å². The van der Waals surface area contributed by atoms with Gasteiger partial charge in [-0.1, -0.05) is 13.8 Å². The van der Waals surface area contributed by atoms with E-state index in [9.17, 15) is 9.59 Å². The summed E-state index contributed by atoms with van der Waals surface area (Å²) in [7, 11) is 0. The van der Waals surface area contributed by atoms with E-state index in [2.05, 4.69) is 55.6 Å². The molecule has 0 unspecified atom stereocenters. The number of aromatic amines is 1. The summed E-state index contributed by atoms with van der Waals surface area (Å²) in [6.45, 7) is 12.1. The summed E-state index contributed by atoms with van der Waals surface area (Å²) in [5.74, 6) is -0.694. The predicted octanol–water partition coefficient (Wildman–Crippen LogP) is 5.07. The summed E-state index contributed by atoms with van der Waals surface area (Å²) in [4.78, 5) is 49.8. The third kappa shape index (κ3) is 6.19. The molecular formula is C39H42FN9O4. The Bertz CT molecular complexity index is 2240. The molecule has 0 atom stereocenters. The zero-order valence-electron chi connectivity index (χ0n) is 30.1. The van der Waals surface area contributed by atoms with Crippen molar-refractivity contribution >= 4 is 45.9 Å². The first-order chi connectivity index (χ1) is 25.6. The van der Waals surface area contributed by atoms with Gasteiger partial charge in [0.2, 0.25) is 0 Å². The predicted molar refractivity (Wildman–Crippen MR) is 198 cm³/mol. The molecule has 2 fully saturated rings.